The minimum Gasteiger partial charge on any atom is -0.382 e. The molecule has 0 aliphatic carbocycles. The van der Waals surface area contributed by atoms with Crippen molar-refractivity contribution in [1.29, 1.82) is 0 Å². The van der Waals surface area contributed by atoms with Crippen LogP contribution >= 0.6 is 11.3 Å². The minimum atomic E-state index is 0.562. The third-order valence-corrected chi connectivity index (χ3v) is 5.35. The fourth-order valence-corrected chi connectivity index (χ4v) is 3.76. The SMILES string of the molecule is CCN1CCN([C@H](C)CNc2ccnc3ccsc23)CC1. The van der Waals surface area contributed by atoms with E-state index in [-0.39, 0.29) is 0 Å². The number of pyridine rings is 1. The van der Waals surface area contributed by atoms with E-state index in [0.29, 0.717) is 6.04 Å². The number of thiophene rings is 1. The van der Waals surface area contributed by atoms with Crippen LogP contribution < -0.4 is 5.32 Å². The van der Waals surface area contributed by atoms with Crippen molar-refractivity contribution in [2.24, 2.45) is 0 Å². The third-order valence-electron chi connectivity index (χ3n) is 4.41. The van der Waals surface area contributed by atoms with Gasteiger partial charge >= 0.3 is 0 Å². The van der Waals surface area contributed by atoms with Gasteiger partial charge in [0.15, 0.2) is 0 Å². The van der Waals surface area contributed by atoms with Crippen molar-refractivity contribution >= 4 is 27.2 Å². The van der Waals surface area contributed by atoms with Crippen molar-refractivity contribution in [2.45, 2.75) is 19.9 Å². The molecule has 0 bridgehead atoms. The molecule has 3 rings (SSSR count). The highest BCUT2D eigenvalue weighted by Crippen LogP contribution is 2.26. The number of aromatic nitrogens is 1. The molecule has 0 radical (unpaired) electrons. The predicted octanol–water partition coefficient (Wildman–Crippen LogP) is 2.73. The Morgan fingerprint density at radius 2 is 2.10 bits per heavy atom. The first kappa shape index (κ1) is 14.8. The molecule has 1 aliphatic heterocycles. The van der Waals surface area contributed by atoms with Crippen LogP contribution in [0, 0.1) is 0 Å². The number of hydrogen-bond donors (Lipinski definition) is 1. The molecule has 0 spiro atoms. The van der Waals surface area contributed by atoms with Crippen LogP contribution in [-0.2, 0) is 0 Å². The minimum absolute atomic E-state index is 0.562. The highest BCUT2D eigenvalue weighted by molar-refractivity contribution is 7.17. The Morgan fingerprint density at radius 1 is 1.29 bits per heavy atom. The lowest BCUT2D eigenvalue weighted by molar-refractivity contribution is 0.110. The zero-order valence-electron chi connectivity index (χ0n) is 12.9. The molecule has 1 fully saturated rings. The maximum atomic E-state index is 4.39. The van der Waals surface area contributed by atoms with Gasteiger partial charge in [-0.15, -0.1) is 11.3 Å². The molecule has 1 N–H and O–H groups in total. The second-order valence-corrected chi connectivity index (χ2v) is 6.61. The van der Waals surface area contributed by atoms with E-state index in [1.165, 1.54) is 43.1 Å². The summed E-state index contributed by atoms with van der Waals surface area (Å²) in [4.78, 5) is 9.50. The molecule has 1 aliphatic rings. The Hall–Kier alpha value is -1.17. The van der Waals surface area contributed by atoms with Crippen LogP contribution in [0.3, 0.4) is 0 Å². The molecule has 0 amide bonds. The van der Waals surface area contributed by atoms with E-state index < -0.39 is 0 Å². The van der Waals surface area contributed by atoms with Gasteiger partial charge in [-0.2, -0.15) is 0 Å². The molecule has 21 heavy (non-hydrogen) atoms. The van der Waals surface area contributed by atoms with Gasteiger partial charge in [0.1, 0.15) is 0 Å². The van der Waals surface area contributed by atoms with Gasteiger partial charge in [0.25, 0.3) is 0 Å². The summed E-state index contributed by atoms with van der Waals surface area (Å²) in [5.41, 5.74) is 2.31. The van der Waals surface area contributed by atoms with Crippen LogP contribution in [0.25, 0.3) is 10.2 Å². The van der Waals surface area contributed by atoms with Crippen LogP contribution in [0.2, 0.25) is 0 Å². The number of nitrogens with one attached hydrogen (secondary N) is 1. The first-order valence-electron chi connectivity index (χ1n) is 7.80. The van der Waals surface area contributed by atoms with Crippen LogP contribution in [-0.4, -0.2) is 60.1 Å². The molecule has 4 nitrogen and oxygen atoms in total. The second kappa shape index (κ2) is 6.73. The summed E-state index contributed by atoms with van der Waals surface area (Å²) < 4.78 is 1.26. The summed E-state index contributed by atoms with van der Waals surface area (Å²) in [6, 6.07) is 4.73. The van der Waals surface area contributed by atoms with E-state index >= 15 is 0 Å². The van der Waals surface area contributed by atoms with Gasteiger partial charge in [-0.3, -0.25) is 9.88 Å². The number of likely N-dealkylation sites (N-methyl/N-ethyl adjacent to an activating group) is 1. The summed E-state index contributed by atoms with van der Waals surface area (Å²) in [7, 11) is 0. The first-order valence-corrected chi connectivity index (χ1v) is 8.68. The van der Waals surface area contributed by atoms with Crippen LogP contribution in [0.1, 0.15) is 13.8 Å². The maximum absolute atomic E-state index is 4.39. The Bertz CT molecular complexity index is 574. The van der Waals surface area contributed by atoms with Crippen LogP contribution in [0.5, 0.6) is 0 Å². The zero-order valence-corrected chi connectivity index (χ0v) is 13.7. The van der Waals surface area contributed by atoms with Gasteiger partial charge < -0.3 is 10.2 Å². The molecule has 1 atom stereocenters. The summed E-state index contributed by atoms with van der Waals surface area (Å²) >= 11 is 1.76. The van der Waals surface area contributed by atoms with Gasteiger partial charge in [0.05, 0.1) is 15.9 Å². The normalized spacial score (nSPS) is 19.0. The van der Waals surface area contributed by atoms with Crippen molar-refractivity contribution in [1.82, 2.24) is 14.8 Å². The lowest BCUT2D eigenvalue weighted by Crippen LogP contribution is -2.50. The van der Waals surface area contributed by atoms with E-state index in [0.717, 1.165) is 12.1 Å². The van der Waals surface area contributed by atoms with E-state index in [1.54, 1.807) is 11.3 Å². The molecule has 2 aromatic rings. The average molecular weight is 304 g/mol. The van der Waals surface area contributed by atoms with Crippen molar-refractivity contribution in [3.63, 3.8) is 0 Å². The van der Waals surface area contributed by atoms with Crippen molar-refractivity contribution in [3.8, 4) is 0 Å². The Kier molecular flexibility index (Phi) is 4.73. The van der Waals surface area contributed by atoms with Crippen LogP contribution in [0.15, 0.2) is 23.7 Å². The average Bonchev–Trinajstić information content (AvgIpc) is 3.02. The van der Waals surface area contributed by atoms with Gasteiger partial charge in [-0.1, -0.05) is 6.92 Å². The summed E-state index contributed by atoms with van der Waals surface area (Å²) in [6.07, 6.45) is 1.89. The van der Waals surface area contributed by atoms with E-state index in [9.17, 15) is 0 Å². The third kappa shape index (κ3) is 3.36. The van der Waals surface area contributed by atoms with Crippen LogP contribution in [0.4, 0.5) is 5.69 Å². The molecule has 0 aromatic carbocycles. The van der Waals surface area contributed by atoms with Gasteiger partial charge in [0, 0.05) is 45.0 Å². The Morgan fingerprint density at radius 3 is 2.86 bits per heavy atom. The van der Waals surface area contributed by atoms with E-state index in [2.05, 4.69) is 51.5 Å². The summed E-state index contributed by atoms with van der Waals surface area (Å²) in [5, 5.41) is 5.72. The molecule has 114 valence electrons. The lowest BCUT2D eigenvalue weighted by Gasteiger charge is -2.37. The Labute approximate surface area is 130 Å². The fourth-order valence-electron chi connectivity index (χ4n) is 2.92. The molecule has 0 unspecified atom stereocenters. The van der Waals surface area contributed by atoms with Gasteiger partial charge in [-0.05, 0) is 31.0 Å². The van der Waals surface area contributed by atoms with E-state index in [4.69, 9.17) is 0 Å². The number of hydrogen-bond acceptors (Lipinski definition) is 5. The van der Waals surface area contributed by atoms with E-state index in [1.807, 2.05) is 6.20 Å². The lowest BCUT2D eigenvalue weighted by atomic mass is 10.2. The number of nitrogens with zero attached hydrogens (tertiary/aromatic N) is 3. The standard InChI is InChI=1S/C16H24N4S/c1-3-19-7-9-20(10-8-19)13(2)12-18-14-4-6-17-15-5-11-21-16(14)15/h4-6,11,13H,3,7-10,12H2,1-2H3,(H,17,18)/t13-/m1/s1. The summed E-state index contributed by atoms with van der Waals surface area (Å²) in [5.74, 6) is 0. The number of anilines is 1. The molecular weight excluding hydrogens is 280 g/mol. The molecule has 2 aromatic heterocycles. The van der Waals surface area contributed by atoms with Crippen molar-refractivity contribution in [2.75, 3.05) is 44.6 Å². The number of fused-ring (bicyclic) bond motifs is 1. The van der Waals surface area contributed by atoms with Crippen molar-refractivity contribution in [3.05, 3.63) is 23.7 Å². The summed E-state index contributed by atoms with van der Waals surface area (Å²) in [6.45, 7) is 11.5. The van der Waals surface area contributed by atoms with Crippen molar-refractivity contribution < 1.29 is 0 Å². The number of rotatable bonds is 5. The molecule has 1 saturated heterocycles. The number of piperazine rings is 1. The zero-order chi connectivity index (χ0) is 14.7. The quantitative estimate of drug-likeness (QED) is 0.920. The second-order valence-electron chi connectivity index (χ2n) is 5.69. The topological polar surface area (TPSA) is 31.4 Å². The largest absolute Gasteiger partial charge is 0.382 e. The Balaban J connectivity index is 1.56. The van der Waals surface area contributed by atoms with Gasteiger partial charge in [-0.25, -0.2) is 0 Å². The first-order chi connectivity index (χ1) is 10.3. The molecule has 0 saturated carbocycles. The molecule has 5 heteroatoms. The highest BCUT2D eigenvalue weighted by atomic mass is 32.1. The fraction of sp³-hybridized carbons (Fsp3) is 0.562. The monoisotopic (exact) mass is 304 g/mol. The van der Waals surface area contributed by atoms with Gasteiger partial charge in [0.2, 0.25) is 0 Å². The maximum Gasteiger partial charge on any atom is 0.0830 e. The predicted molar refractivity (Wildman–Crippen MR) is 91.3 cm³/mol. The molecular formula is C16H24N4S. The highest BCUT2D eigenvalue weighted by Gasteiger charge is 2.20. The smallest absolute Gasteiger partial charge is 0.0830 e. The molecule has 3 heterocycles.